The summed E-state index contributed by atoms with van der Waals surface area (Å²) >= 11 is 0. The van der Waals surface area contributed by atoms with Crippen molar-refractivity contribution in [3.05, 3.63) is 17.5 Å². The summed E-state index contributed by atoms with van der Waals surface area (Å²) in [6, 6.07) is 1.76. The summed E-state index contributed by atoms with van der Waals surface area (Å²) in [6.45, 7) is 6.05. The van der Waals surface area contributed by atoms with Crippen molar-refractivity contribution >= 4 is 5.97 Å². The molecule has 0 aliphatic rings. The van der Waals surface area contributed by atoms with Crippen LogP contribution >= 0.6 is 0 Å². The Labute approximate surface area is 94.7 Å². The molecule has 0 spiro atoms. The smallest absolute Gasteiger partial charge is 0.306 e. The number of aliphatic hydroxyl groups excluding tert-OH is 1. The summed E-state index contributed by atoms with van der Waals surface area (Å²) < 4.78 is 1.54. The monoisotopic (exact) mass is 226 g/mol. The molecule has 0 amide bonds. The van der Waals surface area contributed by atoms with Gasteiger partial charge in [-0.25, -0.2) is 0 Å². The van der Waals surface area contributed by atoms with Gasteiger partial charge in [0.15, 0.2) is 0 Å². The Morgan fingerprint density at radius 1 is 1.56 bits per heavy atom. The molecule has 1 aromatic heterocycles. The summed E-state index contributed by atoms with van der Waals surface area (Å²) in [7, 11) is 1.70. The van der Waals surface area contributed by atoms with Crippen LogP contribution in [0.25, 0.3) is 0 Å². The number of aryl methyl sites for hydroxylation is 1. The predicted octanol–water partition coefficient (Wildman–Crippen LogP) is 1.23. The van der Waals surface area contributed by atoms with Gasteiger partial charge < -0.3 is 10.2 Å². The van der Waals surface area contributed by atoms with E-state index in [2.05, 4.69) is 5.10 Å². The summed E-state index contributed by atoms with van der Waals surface area (Å²) in [5.74, 6) is -1.02. The van der Waals surface area contributed by atoms with Crippen molar-refractivity contribution in [2.75, 3.05) is 0 Å². The number of aliphatic hydroxyl groups is 1. The Balaban J connectivity index is 2.98. The first-order valence-corrected chi connectivity index (χ1v) is 5.16. The topological polar surface area (TPSA) is 75.3 Å². The van der Waals surface area contributed by atoms with Crippen molar-refractivity contribution in [2.24, 2.45) is 7.05 Å². The number of hydrogen-bond donors (Lipinski definition) is 2. The number of aromatic nitrogens is 2. The molecule has 0 aliphatic heterocycles. The van der Waals surface area contributed by atoms with Gasteiger partial charge in [-0.3, -0.25) is 9.48 Å². The van der Waals surface area contributed by atoms with Gasteiger partial charge in [0.05, 0.1) is 17.8 Å². The van der Waals surface area contributed by atoms with E-state index in [0.717, 1.165) is 5.69 Å². The average molecular weight is 226 g/mol. The average Bonchev–Trinajstić information content (AvgIpc) is 2.44. The highest BCUT2D eigenvalue weighted by molar-refractivity contribution is 5.67. The quantitative estimate of drug-likeness (QED) is 0.812. The Morgan fingerprint density at radius 2 is 2.12 bits per heavy atom. The number of carboxylic acids is 1. The Hall–Kier alpha value is -1.36. The summed E-state index contributed by atoms with van der Waals surface area (Å²) in [6.07, 6.45) is -1.31. The zero-order valence-corrected chi connectivity index (χ0v) is 10.1. The Bertz CT molecular complexity index is 390. The largest absolute Gasteiger partial charge is 0.481 e. The molecule has 0 saturated heterocycles. The fourth-order valence-electron chi connectivity index (χ4n) is 1.43. The van der Waals surface area contributed by atoms with Gasteiger partial charge >= 0.3 is 5.97 Å². The first kappa shape index (κ1) is 12.7. The lowest BCUT2D eigenvalue weighted by Gasteiger charge is -2.13. The van der Waals surface area contributed by atoms with Crippen LogP contribution < -0.4 is 0 Å². The fourth-order valence-corrected chi connectivity index (χ4v) is 1.43. The normalized spacial score (nSPS) is 13.8. The molecule has 0 fully saturated rings. The van der Waals surface area contributed by atoms with Gasteiger partial charge in [0.2, 0.25) is 0 Å². The third-order valence-corrected chi connectivity index (χ3v) is 2.39. The van der Waals surface area contributed by atoms with Crippen molar-refractivity contribution < 1.29 is 15.0 Å². The molecule has 1 aromatic rings. The zero-order chi connectivity index (χ0) is 12.5. The standard InChI is InChI=1S/C11H18N2O3/c1-11(2,3)9-5-7(13(4)12-9)8(14)6-10(15)16/h5,8,14H,6H2,1-4H3,(H,15,16). The summed E-state index contributed by atoms with van der Waals surface area (Å²) in [5.41, 5.74) is 1.26. The number of hydrogen-bond acceptors (Lipinski definition) is 3. The SMILES string of the molecule is Cn1nc(C(C)(C)C)cc1C(O)CC(=O)O. The highest BCUT2D eigenvalue weighted by Gasteiger charge is 2.22. The molecule has 0 bridgehead atoms. The summed E-state index contributed by atoms with van der Waals surface area (Å²) in [4.78, 5) is 10.5. The van der Waals surface area contributed by atoms with Gasteiger partial charge in [-0.1, -0.05) is 20.8 Å². The molecule has 0 aliphatic carbocycles. The van der Waals surface area contributed by atoms with Crippen LogP contribution in [-0.2, 0) is 17.3 Å². The van der Waals surface area contributed by atoms with Crippen molar-refractivity contribution in [2.45, 2.75) is 38.7 Å². The van der Waals surface area contributed by atoms with Crippen molar-refractivity contribution in [3.63, 3.8) is 0 Å². The minimum Gasteiger partial charge on any atom is -0.481 e. The van der Waals surface area contributed by atoms with Crippen LogP contribution in [0, 0.1) is 0 Å². The molecule has 1 heterocycles. The molecule has 1 rings (SSSR count). The molecular weight excluding hydrogens is 208 g/mol. The number of carboxylic acid groups (broad SMARTS) is 1. The second kappa shape index (κ2) is 4.25. The lowest BCUT2D eigenvalue weighted by Crippen LogP contribution is -2.12. The van der Waals surface area contributed by atoms with E-state index in [1.807, 2.05) is 20.8 Å². The van der Waals surface area contributed by atoms with E-state index < -0.39 is 12.1 Å². The van der Waals surface area contributed by atoms with Gasteiger partial charge in [0.25, 0.3) is 0 Å². The number of aliphatic carboxylic acids is 1. The molecule has 2 N–H and O–H groups in total. The Kier molecular flexibility index (Phi) is 3.38. The number of rotatable bonds is 3. The lowest BCUT2D eigenvalue weighted by molar-refractivity contribution is -0.139. The van der Waals surface area contributed by atoms with Gasteiger partial charge in [-0.2, -0.15) is 5.10 Å². The van der Waals surface area contributed by atoms with E-state index in [-0.39, 0.29) is 11.8 Å². The molecule has 0 aromatic carbocycles. The maximum absolute atomic E-state index is 10.5. The first-order chi connectivity index (χ1) is 7.21. The van der Waals surface area contributed by atoms with Crippen LogP contribution in [0.3, 0.4) is 0 Å². The number of nitrogens with zero attached hydrogens (tertiary/aromatic N) is 2. The van der Waals surface area contributed by atoms with Crippen LogP contribution in [0.5, 0.6) is 0 Å². The third kappa shape index (κ3) is 2.82. The molecule has 0 radical (unpaired) electrons. The second-order valence-electron chi connectivity index (χ2n) is 4.94. The molecule has 5 heteroatoms. The molecule has 16 heavy (non-hydrogen) atoms. The third-order valence-electron chi connectivity index (χ3n) is 2.39. The van der Waals surface area contributed by atoms with E-state index >= 15 is 0 Å². The summed E-state index contributed by atoms with van der Waals surface area (Å²) in [5, 5.41) is 22.6. The minimum absolute atomic E-state index is 0.112. The van der Waals surface area contributed by atoms with E-state index in [1.165, 1.54) is 4.68 Å². The van der Waals surface area contributed by atoms with Gasteiger partial charge in [0, 0.05) is 12.5 Å². The van der Waals surface area contributed by atoms with E-state index in [9.17, 15) is 9.90 Å². The fraction of sp³-hybridized carbons (Fsp3) is 0.636. The second-order valence-corrected chi connectivity index (χ2v) is 4.94. The molecule has 1 atom stereocenters. The zero-order valence-electron chi connectivity index (χ0n) is 10.1. The van der Waals surface area contributed by atoms with Gasteiger partial charge in [0.1, 0.15) is 6.10 Å². The highest BCUT2D eigenvalue weighted by Crippen LogP contribution is 2.25. The van der Waals surface area contributed by atoms with Crippen LogP contribution in [0.2, 0.25) is 0 Å². The van der Waals surface area contributed by atoms with Crippen molar-refractivity contribution in [3.8, 4) is 0 Å². The maximum Gasteiger partial charge on any atom is 0.306 e. The molecule has 0 saturated carbocycles. The molecule has 90 valence electrons. The van der Waals surface area contributed by atoms with Crippen LogP contribution in [0.1, 0.15) is 44.7 Å². The molecule has 1 unspecified atom stereocenters. The van der Waals surface area contributed by atoms with Crippen LogP contribution in [0.15, 0.2) is 6.07 Å². The minimum atomic E-state index is -1.02. The maximum atomic E-state index is 10.5. The molecule has 5 nitrogen and oxygen atoms in total. The Morgan fingerprint density at radius 3 is 2.50 bits per heavy atom. The van der Waals surface area contributed by atoms with Crippen molar-refractivity contribution in [1.82, 2.24) is 9.78 Å². The highest BCUT2D eigenvalue weighted by atomic mass is 16.4. The van der Waals surface area contributed by atoms with Crippen LogP contribution in [-0.4, -0.2) is 26.0 Å². The van der Waals surface area contributed by atoms with Gasteiger partial charge in [-0.05, 0) is 6.07 Å². The molecular formula is C11H18N2O3. The van der Waals surface area contributed by atoms with Gasteiger partial charge in [-0.15, -0.1) is 0 Å². The van der Waals surface area contributed by atoms with Crippen molar-refractivity contribution in [1.29, 1.82) is 0 Å². The lowest BCUT2D eigenvalue weighted by atomic mass is 9.92. The number of carbonyl (C=O) groups is 1. The first-order valence-electron chi connectivity index (χ1n) is 5.16. The van der Waals surface area contributed by atoms with E-state index in [1.54, 1.807) is 13.1 Å². The van der Waals surface area contributed by atoms with E-state index in [0.29, 0.717) is 5.69 Å². The predicted molar refractivity (Wildman–Crippen MR) is 59.1 cm³/mol. The van der Waals surface area contributed by atoms with E-state index in [4.69, 9.17) is 5.11 Å². The van der Waals surface area contributed by atoms with Crippen LogP contribution in [0.4, 0.5) is 0 Å².